The van der Waals surface area contributed by atoms with Crippen LogP contribution in [-0.4, -0.2) is 25.9 Å². The molecular formula is C26H21N3O4S. The SMILES string of the molecule is CC1(C)Cc2c(c(-c3ccco3)nc3sc4c(=O)n(CC(=O)c5ccccc5)cnc4c23)CO1. The maximum Gasteiger partial charge on any atom is 0.271 e. The van der Waals surface area contributed by atoms with Crippen LogP contribution in [0.4, 0.5) is 0 Å². The van der Waals surface area contributed by atoms with E-state index in [9.17, 15) is 9.59 Å². The van der Waals surface area contributed by atoms with Crippen molar-refractivity contribution in [1.82, 2.24) is 14.5 Å². The summed E-state index contributed by atoms with van der Waals surface area (Å²) in [6, 6.07) is 12.7. The summed E-state index contributed by atoms with van der Waals surface area (Å²) in [6.45, 7) is 4.45. The van der Waals surface area contributed by atoms with Crippen molar-refractivity contribution >= 4 is 37.6 Å². The summed E-state index contributed by atoms with van der Waals surface area (Å²) < 4.78 is 13.6. The number of benzene rings is 1. The molecule has 0 saturated carbocycles. The highest BCUT2D eigenvalue weighted by atomic mass is 32.1. The monoisotopic (exact) mass is 471 g/mol. The van der Waals surface area contributed by atoms with E-state index < -0.39 is 0 Å². The molecule has 5 aromatic rings. The van der Waals surface area contributed by atoms with Crippen LogP contribution in [-0.2, 0) is 24.3 Å². The fourth-order valence-electron chi connectivity index (χ4n) is 4.50. The Labute approximate surface area is 198 Å². The lowest BCUT2D eigenvalue weighted by Crippen LogP contribution is -2.32. The van der Waals surface area contributed by atoms with Crippen molar-refractivity contribution in [2.45, 2.75) is 39.0 Å². The molecular weight excluding hydrogens is 450 g/mol. The van der Waals surface area contributed by atoms with E-state index in [-0.39, 0.29) is 23.5 Å². The minimum atomic E-state index is -0.354. The minimum absolute atomic E-state index is 0.0654. The van der Waals surface area contributed by atoms with Gasteiger partial charge >= 0.3 is 0 Å². The number of aromatic nitrogens is 3. The van der Waals surface area contributed by atoms with E-state index in [4.69, 9.17) is 14.1 Å². The number of furan rings is 1. The molecule has 0 fully saturated rings. The second-order valence-corrected chi connectivity index (χ2v) is 10.0. The van der Waals surface area contributed by atoms with Gasteiger partial charge in [0.05, 0.1) is 36.9 Å². The molecule has 1 aliphatic rings. The summed E-state index contributed by atoms with van der Waals surface area (Å²) in [5.74, 6) is 0.525. The lowest BCUT2D eigenvalue weighted by atomic mass is 9.89. The van der Waals surface area contributed by atoms with Crippen molar-refractivity contribution in [3.8, 4) is 11.5 Å². The molecule has 8 heteroatoms. The van der Waals surface area contributed by atoms with Gasteiger partial charge in [0, 0.05) is 22.9 Å². The zero-order valence-corrected chi connectivity index (χ0v) is 19.5. The quantitative estimate of drug-likeness (QED) is 0.343. The normalized spacial score (nSPS) is 15.0. The second kappa shape index (κ2) is 7.72. The molecule has 5 heterocycles. The van der Waals surface area contributed by atoms with Gasteiger partial charge in [0.2, 0.25) is 0 Å². The minimum Gasteiger partial charge on any atom is -0.463 e. The highest BCUT2D eigenvalue weighted by Gasteiger charge is 2.32. The van der Waals surface area contributed by atoms with Gasteiger partial charge in [0.25, 0.3) is 5.56 Å². The number of ether oxygens (including phenoxy) is 1. The average molecular weight is 472 g/mol. The zero-order valence-electron chi connectivity index (χ0n) is 18.7. The number of hydrogen-bond donors (Lipinski definition) is 0. The number of pyridine rings is 1. The predicted octanol–water partition coefficient (Wildman–Crippen LogP) is 5.00. The maximum atomic E-state index is 13.4. The first-order chi connectivity index (χ1) is 16.4. The molecule has 0 amide bonds. The standard InChI is InChI=1S/C26H21N3O4S/c1-26(2)11-16-17(13-33-26)21(19-9-6-10-32-19)28-24-20(16)22-23(34-24)25(31)29(14-27-22)12-18(30)15-7-4-3-5-8-15/h3-10,14H,11-13H2,1-2H3. The molecule has 0 bridgehead atoms. The summed E-state index contributed by atoms with van der Waals surface area (Å²) in [5, 5.41) is 0.889. The molecule has 0 spiro atoms. The van der Waals surface area contributed by atoms with Crippen molar-refractivity contribution in [1.29, 1.82) is 0 Å². The maximum absolute atomic E-state index is 13.4. The molecule has 6 rings (SSSR count). The Balaban J connectivity index is 1.54. The van der Waals surface area contributed by atoms with Gasteiger partial charge in [-0.1, -0.05) is 30.3 Å². The first-order valence-corrected chi connectivity index (χ1v) is 11.8. The molecule has 0 N–H and O–H groups in total. The summed E-state index contributed by atoms with van der Waals surface area (Å²) >= 11 is 1.31. The van der Waals surface area contributed by atoms with Crippen LogP contribution in [0, 0.1) is 0 Å². The van der Waals surface area contributed by atoms with Gasteiger partial charge in [-0.3, -0.25) is 14.2 Å². The van der Waals surface area contributed by atoms with E-state index in [2.05, 4.69) is 18.8 Å². The molecule has 34 heavy (non-hydrogen) atoms. The summed E-state index contributed by atoms with van der Waals surface area (Å²) in [5.41, 5.74) is 3.38. The van der Waals surface area contributed by atoms with Gasteiger partial charge in [-0.2, -0.15) is 0 Å². The number of ketones is 1. The molecule has 0 atom stereocenters. The third-order valence-electron chi connectivity index (χ3n) is 6.19. The summed E-state index contributed by atoms with van der Waals surface area (Å²) in [4.78, 5) is 36.3. The Kier molecular flexibility index (Phi) is 4.75. The van der Waals surface area contributed by atoms with E-state index in [1.54, 1.807) is 30.5 Å². The Hall–Kier alpha value is -3.62. The average Bonchev–Trinajstić information content (AvgIpc) is 3.49. The van der Waals surface area contributed by atoms with Crippen LogP contribution in [0.5, 0.6) is 0 Å². The van der Waals surface area contributed by atoms with Crippen LogP contribution in [0.1, 0.15) is 35.3 Å². The topological polar surface area (TPSA) is 87.2 Å². The van der Waals surface area contributed by atoms with Crippen molar-refractivity contribution < 1.29 is 13.9 Å². The van der Waals surface area contributed by atoms with Crippen LogP contribution in [0.2, 0.25) is 0 Å². The number of Topliss-reactive ketones (excluding diaryl/α,β-unsaturated/α-hetero) is 1. The zero-order chi connectivity index (χ0) is 23.4. The van der Waals surface area contributed by atoms with Gasteiger partial charge in [0.15, 0.2) is 11.5 Å². The summed E-state index contributed by atoms with van der Waals surface area (Å²) in [6.07, 6.45) is 3.75. The van der Waals surface area contributed by atoms with Crippen LogP contribution in [0.3, 0.4) is 0 Å². The smallest absolute Gasteiger partial charge is 0.271 e. The van der Waals surface area contributed by atoms with Crippen molar-refractivity contribution in [3.63, 3.8) is 0 Å². The summed E-state index contributed by atoms with van der Waals surface area (Å²) in [7, 11) is 0. The highest BCUT2D eigenvalue weighted by Crippen LogP contribution is 2.42. The van der Waals surface area contributed by atoms with Crippen LogP contribution >= 0.6 is 11.3 Å². The number of fused-ring (bicyclic) bond motifs is 5. The van der Waals surface area contributed by atoms with E-state index in [0.29, 0.717) is 34.6 Å². The molecule has 0 aliphatic carbocycles. The Bertz CT molecular complexity index is 1620. The van der Waals surface area contributed by atoms with E-state index in [1.807, 2.05) is 18.2 Å². The van der Waals surface area contributed by atoms with E-state index >= 15 is 0 Å². The van der Waals surface area contributed by atoms with Gasteiger partial charge in [0.1, 0.15) is 15.2 Å². The van der Waals surface area contributed by atoms with Crippen molar-refractivity contribution in [2.75, 3.05) is 0 Å². The molecule has 0 radical (unpaired) electrons. The van der Waals surface area contributed by atoms with Gasteiger partial charge in [-0.25, -0.2) is 9.97 Å². The number of rotatable bonds is 4. The third-order valence-corrected chi connectivity index (χ3v) is 7.25. The highest BCUT2D eigenvalue weighted by molar-refractivity contribution is 7.25. The Morgan fingerprint density at radius 1 is 1.15 bits per heavy atom. The number of carbonyl (C=O) groups excluding carboxylic acids is 1. The first kappa shape index (κ1) is 20.9. The van der Waals surface area contributed by atoms with Gasteiger partial charge in [-0.05, 0) is 31.5 Å². The Morgan fingerprint density at radius 2 is 1.97 bits per heavy atom. The molecule has 7 nitrogen and oxygen atoms in total. The molecule has 1 aromatic carbocycles. The second-order valence-electron chi connectivity index (χ2n) is 9.05. The number of thiophene rings is 1. The van der Waals surface area contributed by atoms with Gasteiger partial charge < -0.3 is 9.15 Å². The first-order valence-electron chi connectivity index (χ1n) is 11.0. The fourth-order valence-corrected chi connectivity index (χ4v) is 5.61. The molecule has 4 aromatic heterocycles. The third kappa shape index (κ3) is 3.38. The van der Waals surface area contributed by atoms with Crippen molar-refractivity contribution in [3.05, 3.63) is 82.1 Å². The Morgan fingerprint density at radius 3 is 2.74 bits per heavy atom. The van der Waals surface area contributed by atoms with Gasteiger partial charge in [-0.15, -0.1) is 11.3 Å². The predicted molar refractivity (Wildman–Crippen MR) is 130 cm³/mol. The van der Waals surface area contributed by atoms with E-state index in [1.165, 1.54) is 22.2 Å². The number of nitrogens with zero attached hydrogens (tertiary/aromatic N) is 3. The molecule has 0 saturated heterocycles. The molecule has 170 valence electrons. The number of hydrogen-bond acceptors (Lipinski definition) is 7. The van der Waals surface area contributed by atoms with Crippen LogP contribution in [0.25, 0.3) is 31.9 Å². The van der Waals surface area contributed by atoms with Crippen LogP contribution < -0.4 is 5.56 Å². The fraction of sp³-hybridized carbons (Fsp3) is 0.231. The molecule has 1 aliphatic heterocycles. The molecule has 0 unspecified atom stereocenters. The lowest BCUT2D eigenvalue weighted by molar-refractivity contribution is -0.0395. The van der Waals surface area contributed by atoms with Crippen molar-refractivity contribution in [2.24, 2.45) is 0 Å². The van der Waals surface area contributed by atoms with E-state index in [0.717, 1.165) is 27.0 Å². The number of carbonyl (C=O) groups is 1. The van der Waals surface area contributed by atoms with Crippen LogP contribution in [0.15, 0.2) is 64.3 Å². The largest absolute Gasteiger partial charge is 0.463 e. The lowest BCUT2D eigenvalue weighted by Gasteiger charge is -2.32.